The minimum atomic E-state index is -1.04. The largest absolute Gasteiger partial charge is 0.480 e. The van der Waals surface area contributed by atoms with Crippen LogP contribution in [0.1, 0.15) is 36.5 Å². The minimum Gasteiger partial charge on any atom is -0.480 e. The number of aliphatic carboxylic acids is 1. The van der Waals surface area contributed by atoms with Gasteiger partial charge in [-0.15, -0.1) is 0 Å². The molecular weight excluding hydrogens is 272 g/mol. The van der Waals surface area contributed by atoms with Crippen molar-refractivity contribution in [2.45, 2.75) is 32.2 Å². The smallest absolute Gasteiger partial charge is 0.326 e. The molecule has 1 aromatic rings. The van der Waals surface area contributed by atoms with Gasteiger partial charge in [-0.25, -0.2) is 4.79 Å². The van der Waals surface area contributed by atoms with Gasteiger partial charge in [-0.05, 0) is 25.0 Å². The average molecular weight is 292 g/mol. The van der Waals surface area contributed by atoms with E-state index in [1.165, 1.54) is 0 Å². The Hall–Kier alpha value is -2.37. The third-order valence-electron chi connectivity index (χ3n) is 2.94. The lowest BCUT2D eigenvalue weighted by molar-refractivity contribution is -0.141. The van der Waals surface area contributed by atoms with E-state index < -0.39 is 12.0 Å². The number of nitrogens with one attached hydrogen (secondary N) is 2. The van der Waals surface area contributed by atoms with Crippen LogP contribution in [0.4, 0.5) is 0 Å². The van der Waals surface area contributed by atoms with Gasteiger partial charge in [0.2, 0.25) is 5.91 Å². The number of carboxylic acid groups (broad SMARTS) is 1. The van der Waals surface area contributed by atoms with Crippen LogP contribution in [0.15, 0.2) is 30.3 Å². The number of hydrogen-bond donors (Lipinski definition) is 3. The molecule has 6 heteroatoms. The van der Waals surface area contributed by atoms with Gasteiger partial charge in [0.15, 0.2) is 0 Å². The predicted octanol–water partition coefficient (Wildman–Crippen LogP) is 1.18. The molecule has 0 radical (unpaired) electrons. The maximum atomic E-state index is 11.7. The molecule has 0 aliphatic heterocycles. The first-order valence-electron chi connectivity index (χ1n) is 6.90. The molecule has 1 rings (SSSR count). The highest BCUT2D eigenvalue weighted by Crippen LogP contribution is 1.98. The standard InChI is InChI=1S/C15H20N2O4/c1-2-12(15(20)21)17-13(18)9-6-10-16-14(19)11-7-4-3-5-8-11/h3-5,7-8,12H,2,6,9-10H2,1H3,(H,16,19)(H,17,18)(H,20,21). The van der Waals surface area contributed by atoms with E-state index in [9.17, 15) is 14.4 Å². The fourth-order valence-corrected chi connectivity index (χ4v) is 1.75. The zero-order chi connectivity index (χ0) is 15.7. The maximum Gasteiger partial charge on any atom is 0.326 e. The summed E-state index contributed by atoms with van der Waals surface area (Å²) in [5, 5.41) is 14.0. The summed E-state index contributed by atoms with van der Waals surface area (Å²) in [5.41, 5.74) is 0.568. The molecule has 0 fully saturated rings. The molecule has 0 spiro atoms. The van der Waals surface area contributed by atoms with Crippen LogP contribution in [0, 0.1) is 0 Å². The van der Waals surface area contributed by atoms with E-state index >= 15 is 0 Å². The van der Waals surface area contributed by atoms with Crippen LogP contribution >= 0.6 is 0 Å². The number of benzene rings is 1. The third-order valence-corrected chi connectivity index (χ3v) is 2.94. The zero-order valence-electron chi connectivity index (χ0n) is 12.0. The molecule has 0 saturated carbocycles. The summed E-state index contributed by atoms with van der Waals surface area (Å²) in [4.78, 5) is 34.0. The van der Waals surface area contributed by atoms with Gasteiger partial charge in [-0.3, -0.25) is 9.59 Å². The fourth-order valence-electron chi connectivity index (χ4n) is 1.75. The lowest BCUT2D eigenvalue weighted by Gasteiger charge is -2.12. The summed E-state index contributed by atoms with van der Waals surface area (Å²) < 4.78 is 0. The number of rotatable bonds is 8. The maximum absolute atomic E-state index is 11.7. The summed E-state index contributed by atoms with van der Waals surface area (Å²) in [6, 6.07) is 7.95. The van der Waals surface area contributed by atoms with E-state index in [1.807, 2.05) is 6.07 Å². The molecule has 1 unspecified atom stereocenters. The monoisotopic (exact) mass is 292 g/mol. The Morgan fingerprint density at radius 3 is 2.43 bits per heavy atom. The second kappa shape index (κ2) is 8.73. The van der Waals surface area contributed by atoms with Crippen molar-refractivity contribution in [2.24, 2.45) is 0 Å². The minimum absolute atomic E-state index is 0.179. The Bertz CT molecular complexity index is 488. The highest BCUT2D eigenvalue weighted by atomic mass is 16.4. The molecule has 0 aliphatic rings. The lowest BCUT2D eigenvalue weighted by atomic mass is 10.2. The summed E-state index contributed by atoms with van der Waals surface area (Å²) in [7, 11) is 0. The Balaban J connectivity index is 2.23. The Morgan fingerprint density at radius 1 is 1.19 bits per heavy atom. The van der Waals surface area contributed by atoms with Gasteiger partial charge in [0, 0.05) is 18.5 Å². The van der Waals surface area contributed by atoms with E-state index in [0.29, 0.717) is 24.9 Å². The lowest BCUT2D eigenvalue weighted by Crippen LogP contribution is -2.40. The van der Waals surface area contributed by atoms with Gasteiger partial charge in [0.1, 0.15) is 6.04 Å². The Kier molecular flexibility index (Phi) is 6.94. The van der Waals surface area contributed by atoms with E-state index in [4.69, 9.17) is 5.11 Å². The molecule has 114 valence electrons. The van der Waals surface area contributed by atoms with Gasteiger partial charge in [-0.2, -0.15) is 0 Å². The average Bonchev–Trinajstić information content (AvgIpc) is 2.49. The van der Waals surface area contributed by atoms with E-state index in [2.05, 4.69) is 10.6 Å². The van der Waals surface area contributed by atoms with Crippen molar-refractivity contribution in [3.8, 4) is 0 Å². The Labute approximate surface area is 123 Å². The van der Waals surface area contributed by atoms with Crippen LogP contribution in [0.3, 0.4) is 0 Å². The molecule has 1 aromatic carbocycles. The molecule has 2 amide bonds. The van der Waals surface area contributed by atoms with Gasteiger partial charge < -0.3 is 15.7 Å². The summed E-state index contributed by atoms with van der Waals surface area (Å²) in [6.07, 6.45) is 0.977. The van der Waals surface area contributed by atoms with Crippen molar-refractivity contribution in [3.63, 3.8) is 0 Å². The van der Waals surface area contributed by atoms with Crippen molar-refractivity contribution < 1.29 is 19.5 Å². The number of carbonyl (C=O) groups is 3. The molecule has 6 nitrogen and oxygen atoms in total. The van der Waals surface area contributed by atoms with Crippen LogP contribution in [-0.2, 0) is 9.59 Å². The van der Waals surface area contributed by atoms with Gasteiger partial charge >= 0.3 is 5.97 Å². The first-order valence-corrected chi connectivity index (χ1v) is 6.90. The van der Waals surface area contributed by atoms with Crippen LogP contribution in [0.2, 0.25) is 0 Å². The van der Waals surface area contributed by atoms with Crippen molar-refractivity contribution in [1.82, 2.24) is 10.6 Å². The zero-order valence-corrected chi connectivity index (χ0v) is 12.0. The van der Waals surface area contributed by atoms with Crippen molar-refractivity contribution in [3.05, 3.63) is 35.9 Å². The van der Waals surface area contributed by atoms with E-state index in [1.54, 1.807) is 31.2 Å². The summed E-state index contributed by atoms with van der Waals surface area (Å²) in [5.74, 6) is -1.55. The van der Waals surface area contributed by atoms with Gasteiger partial charge in [0.05, 0.1) is 0 Å². The van der Waals surface area contributed by atoms with E-state index in [-0.39, 0.29) is 18.2 Å². The molecular formula is C15H20N2O4. The van der Waals surface area contributed by atoms with Crippen LogP contribution in [0.25, 0.3) is 0 Å². The quantitative estimate of drug-likeness (QED) is 0.627. The fraction of sp³-hybridized carbons (Fsp3) is 0.400. The molecule has 1 atom stereocenters. The van der Waals surface area contributed by atoms with Crippen molar-refractivity contribution in [2.75, 3.05) is 6.54 Å². The molecule has 21 heavy (non-hydrogen) atoms. The first-order chi connectivity index (χ1) is 10.0. The predicted molar refractivity (Wildman–Crippen MR) is 77.9 cm³/mol. The molecule has 0 saturated heterocycles. The number of carbonyl (C=O) groups excluding carboxylic acids is 2. The van der Waals surface area contributed by atoms with Gasteiger partial charge in [-0.1, -0.05) is 25.1 Å². The molecule has 3 N–H and O–H groups in total. The second-order valence-corrected chi connectivity index (χ2v) is 4.59. The third kappa shape index (κ3) is 6.07. The normalized spacial score (nSPS) is 11.5. The summed E-state index contributed by atoms with van der Waals surface area (Å²) >= 11 is 0. The molecule has 0 aliphatic carbocycles. The Morgan fingerprint density at radius 2 is 1.86 bits per heavy atom. The van der Waals surface area contributed by atoms with Gasteiger partial charge in [0.25, 0.3) is 5.91 Å². The van der Waals surface area contributed by atoms with Crippen LogP contribution in [-0.4, -0.2) is 35.5 Å². The topological polar surface area (TPSA) is 95.5 Å². The highest BCUT2D eigenvalue weighted by molar-refractivity contribution is 5.94. The van der Waals surface area contributed by atoms with Crippen molar-refractivity contribution >= 4 is 17.8 Å². The van der Waals surface area contributed by atoms with Crippen LogP contribution in [0.5, 0.6) is 0 Å². The van der Waals surface area contributed by atoms with Crippen molar-refractivity contribution in [1.29, 1.82) is 0 Å². The number of amides is 2. The summed E-state index contributed by atoms with van der Waals surface area (Å²) in [6.45, 7) is 2.06. The molecule has 0 bridgehead atoms. The van der Waals surface area contributed by atoms with E-state index in [0.717, 1.165) is 0 Å². The SMILES string of the molecule is CCC(NC(=O)CCCNC(=O)c1ccccc1)C(=O)O. The first kappa shape index (κ1) is 16.7. The molecule has 0 aromatic heterocycles. The number of carboxylic acids is 1. The number of hydrogen-bond acceptors (Lipinski definition) is 3. The molecule has 0 heterocycles. The van der Waals surface area contributed by atoms with Crippen LogP contribution < -0.4 is 10.6 Å². The second-order valence-electron chi connectivity index (χ2n) is 4.59. The highest BCUT2D eigenvalue weighted by Gasteiger charge is 2.16.